The number of carbonyl (C=O) groups is 1. The number of benzene rings is 1. The molecule has 0 bridgehead atoms. The van der Waals surface area contributed by atoms with Crippen molar-refractivity contribution >= 4 is 17.7 Å². The van der Waals surface area contributed by atoms with Crippen LogP contribution in [0, 0.1) is 6.92 Å². The van der Waals surface area contributed by atoms with Crippen molar-refractivity contribution < 1.29 is 9.90 Å². The largest absolute Gasteiger partial charge is 0.480 e. The second kappa shape index (κ2) is 6.64. The number of carboxylic acid groups (broad SMARTS) is 1. The Kier molecular flexibility index (Phi) is 5.11. The van der Waals surface area contributed by atoms with E-state index in [0.717, 1.165) is 25.0 Å². The van der Waals surface area contributed by atoms with E-state index in [1.165, 1.54) is 10.5 Å². The third kappa shape index (κ3) is 4.53. The molecule has 0 heterocycles. The molecule has 0 aromatic heterocycles. The van der Waals surface area contributed by atoms with E-state index in [9.17, 15) is 9.90 Å². The van der Waals surface area contributed by atoms with Crippen molar-refractivity contribution in [3.05, 3.63) is 29.8 Å². The van der Waals surface area contributed by atoms with Crippen LogP contribution >= 0.6 is 11.8 Å². The standard InChI is InChI=1S/C16H23NO2S/c1-12-4-8-14(9-5-12)20-11-3-10-16(2,15(18)19)17-13-6-7-13/h4-5,8-9,13,17H,3,6-7,10-11H2,1-2H3,(H,18,19). The number of carboxylic acids is 1. The van der Waals surface area contributed by atoms with Crippen LogP contribution in [0.1, 0.15) is 38.2 Å². The molecule has 0 amide bonds. The van der Waals surface area contributed by atoms with Crippen LogP contribution < -0.4 is 5.32 Å². The van der Waals surface area contributed by atoms with Crippen LogP contribution in [0.15, 0.2) is 29.2 Å². The summed E-state index contributed by atoms with van der Waals surface area (Å²) in [5, 5.41) is 12.7. The molecule has 1 unspecified atom stereocenters. The number of aryl methyl sites for hydroxylation is 1. The van der Waals surface area contributed by atoms with Gasteiger partial charge >= 0.3 is 5.97 Å². The van der Waals surface area contributed by atoms with Gasteiger partial charge in [-0.15, -0.1) is 11.8 Å². The third-order valence-electron chi connectivity index (χ3n) is 3.68. The van der Waals surface area contributed by atoms with Crippen molar-refractivity contribution in [2.24, 2.45) is 0 Å². The Labute approximate surface area is 125 Å². The van der Waals surface area contributed by atoms with E-state index >= 15 is 0 Å². The summed E-state index contributed by atoms with van der Waals surface area (Å²) in [7, 11) is 0. The first-order chi connectivity index (χ1) is 9.49. The van der Waals surface area contributed by atoms with Gasteiger partial charge in [0.2, 0.25) is 0 Å². The molecule has 20 heavy (non-hydrogen) atoms. The first-order valence-electron chi connectivity index (χ1n) is 7.20. The van der Waals surface area contributed by atoms with Crippen molar-refractivity contribution in [2.75, 3.05) is 5.75 Å². The van der Waals surface area contributed by atoms with Gasteiger partial charge in [0.25, 0.3) is 0 Å². The zero-order valence-electron chi connectivity index (χ0n) is 12.2. The number of aliphatic carboxylic acids is 1. The highest BCUT2D eigenvalue weighted by molar-refractivity contribution is 7.99. The van der Waals surface area contributed by atoms with Crippen LogP contribution in [0.5, 0.6) is 0 Å². The summed E-state index contributed by atoms with van der Waals surface area (Å²) in [6.45, 7) is 3.89. The molecule has 0 saturated heterocycles. The van der Waals surface area contributed by atoms with E-state index in [-0.39, 0.29) is 0 Å². The first-order valence-corrected chi connectivity index (χ1v) is 8.19. The number of rotatable bonds is 8. The van der Waals surface area contributed by atoms with Gasteiger partial charge in [0.1, 0.15) is 5.54 Å². The summed E-state index contributed by atoms with van der Waals surface area (Å²) in [6.07, 6.45) is 3.81. The lowest BCUT2D eigenvalue weighted by Gasteiger charge is -2.26. The monoisotopic (exact) mass is 293 g/mol. The maximum absolute atomic E-state index is 11.4. The molecule has 1 saturated carbocycles. The predicted octanol–water partition coefficient (Wildman–Crippen LogP) is 3.46. The fourth-order valence-electron chi connectivity index (χ4n) is 2.17. The first kappa shape index (κ1) is 15.4. The minimum absolute atomic E-state index is 0.417. The summed E-state index contributed by atoms with van der Waals surface area (Å²) in [6, 6.07) is 8.88. The van der Waals surface area contributed by atoms with Crippen molar-refractivity contribution in [2.45, 2.75) is 56.0 Å². The van der Waals surface area contributed by atoms with Crippen molar-refractivity contribution in [1.29, 1.82) is 0 Å². The molecule has 1 aliphatic carbocycles. The Morgan fingerprint density at radius 2 is 2.05 bits per heavy atom. The van der Waals surface area contributed by atoms with Gasteiger partial charge in [0.15, 0.2) is 0 Å². The van der Waals surface area contributed by atoms with Crippen LogP contribution in [-0.2, 0) is 4.79 Å². The minimum Gasteiger partial charge on any atom is -0.480 e. The second-order valence-electron chi connectivity index (χ2n) is 5.82. The Morgan fingerprint density at radius 3 is 2.60 bits per heavy atom. The molecular formula is C16H23NO2S. The number of thioether (sulfide) groups is 1. The maximum Gasteiger partial charge on any atom is 0.323 e. The quantitative estimate of drug-likeness (QED) is 0.569. The van der Waals surface area contributed by atoms with Gasteiger partial charge in [-0.2, -0.15) is 0 Å². The molecule has 0 spiro atoms. The summed E-state index contributed by atoms with van der Waals surface area (Å²) in [5.41, 5.74) is 0.496. The van der Waals surface area contributed by atoms with Gasteiger partial charge < -0.3 is 5.11 Å². The maximum atomic E-state index is 11.4. The lowest BCUT2D eigenvalue weighted by molar-refractivity contribution is -0.144. The van der Waals surface area contributed by atoms with Gasteiger partial charge in [-0.3, -0.25) is 10.1 Å². The van der Waals surface area contributed by atoms with Crippen LogP contribution in [-0.4, -0.2) is 28.4 Å². The topological polar surface area (TPSA) is 49.3 Å². The van der Waals surface area contributed by atoms with Gasteiger partial charge in [-0.25, -0.2) is 0 Å². The summed E-state index contributed by atoms with van der Waals surface area (Å²) in [4.78, 5) is 12.7. The molecule has 0 radical (unpaired) electrons. The van der Waals surface area contributed by atoms with E-state index in [1.54, 1.807) is 11.8 Å². The zero-order valence-corrected chi connectivity index (χ0v) is 13.0. The average Bonchev–Trinajstić information content (AvgIpc) is 3.20. The van der Waals surface area contributed by atoms with E-state index in [0.29, 0.717) is 12.5 Å². The molecular weight excluding hydrogens is 270 g/mol. The number of nitrogens with one attached hydrogen (secondary N) is 1. The predicted molar refractivity (Wildman–Crippen MR) is 83.3 cm³/mol. The third-order valence-corrected chi connectivity index (χ3v) is 4.78. The lowest BCUT2D eigenvalue weighted by atomic mass is 9.96. The van der Waals surface area contributed by atoms with Crippen LogP contribution in [0.4, 0.5) is 0 Å². The van der Waals surface area contributed by atoms with Gasteiger partial charge in [0, 0.05) is 10.9 Å². The fraction of sp³-hybridized carbons (Fsp3) is 0.562. The number of hydrogen-bond acceptors (Lipinski definition) is 3. The molecule has 3 nitrogen and oxygen atoms in total. The van der Waals surface area contributed by atoms with Crippen molar-refractivity contribution in [1.82, 2.24) is 5.32 Å². The highest BCUT2D eigenvalue weighted by atomic mass is 32.2. The fourth-order valence-corrected chi connectivity index (χ4v) is 3.02. The van der Waals surface area contributed by atoms with E-state index in [1.807, 2.05) is 6.92 Å². The van der Waals surface area contributed by atoms with Crippen LogP contribution in [0.25, 0.3) is 0 Å². The molecule has 1 fully saturated rings. The molecule has 1 aliphatic rings. The molecule has 1 aromatic rings. The molecule has 110 valence electrons. The van der Waals surface area contributed by atoms with Gasteiger partial charge in [-0.05, 0) is 57.4 Å². The van der Waals surface area contributed by atoms with Crippen molar-refractivity contribution in [3.63, 3.8) is 0 Å². The summed E-state index contributed by atoms with van der Waals surface area (Å²) in [5.74, 6) is 0.225. The van der Waals surface area contributed by atoms with Crippen LogP contribution in [0.2, 0.25) is 0 Å². The zero-order chi connectivity index (χ0) is 14.6. The highest BCUT2D eigenvalue weighted by Crippen LogP contribution is 2.26. The smallest absolute Gasteiger partial charge is 0.323 e. The molecule has 0 aliphatic heterocycles. The molecule has 1 atom stereocenters. The highest BCUT2D eigenvalue weighted by Gasteiger charge is 2.37. The Hall–Kier alpha value is -1.00. The van der Waals surface area contributed by atoms with E-state index in [2.05, 4.69) is 36.5 Å². The molecule has 4 heteroatoms. The lowest BCUT2D eigenvalue weighted by Crippen LogP contribution is -2.50. The Morgan fingerprint density at radius 1 is 1.40 bits per heavy atom. The molecule has 2 N–H and O–H groups in total. The Balaban J connectivity index is 1.75. The summed E-state index contributed by atoms with van der Waals surface area (Å²) < 4.78 is 0. The number of hydrogen-bond donors (Lipinski definition) is 2. The minimum atomic E-state index is -0.769. The Bertz CT molecular complexity index is 456. The van der Waals surface area contributed by atoms with Gasteiger partial charge in [0.05, 0.1) is 0 Å². The molecule has 1 aromatic carbocycles. The molecule has 2 rings (SSSR count). The second-order valence-corrected chi connectivity index (χ2v) is 6.99. The average molecular weight is 293 g/mol. The van der Waals surface area contributed by atoms with E-state index in [4.69, 9.17) is 0 Å². The van der Waals surface area contributed by atoms with Crippen LogP contribution in [0.3, 0.4) is 0 Å². The normalized spacial score (nSPS) is 17.7. The van der Waals surface area contributed by atoms with Gasteiger partial charge in [-0.1, -0.05) is 17.7 Å². The van der Waals surface area contributed by atoms with E-state index < -0.39 is 11.5 Å². The summed E-state index contributed by atoms with van der Waals surface area (Å²) >= 11 is 1.80. The SMILES string of the molecule is Cc1ccc(SCCCC(C)(NC2CC2)C(=O)O)cc1. The van der Waals surface area contributed by atoms with Crippen molar-refractivity contribution in [3.8, 4) is 0 Å².